The van der Waals surface area contributed by atoms with Gasteiger partial charge in [-0.1, -0.05) is 6.92 Å². The molecule has 4 rings (SSSR count). The van der Waals surface area contributed by atoms with E-state index in [1.54, 1.807) is 0 Å². The Labute approximate surface area is 170 Å². The molecule has 0 aliphatic heterocycles. The molecule has 7 atom stereocenters. The molecule has 0 heterocycles. The highest BCUT2D eigenvalue weighted by molar-refractivity contribution is 5.78. The van der Waals surface area contributed by atoms with Crippen LogP contribution >= 0.6 is 0 Å². The summed E-state index contributed by atoms with van der Waals surface area (Å²) < 4.78 is 12.0. The first-order valence-electron chi connectivity index (χ1n) is 11.4. The summed E-state index contributed by atoms with van der Waals surface area (Å²) in [5.41, 5.74) is -1.68. The van der Waals surface area contributed by atoms with Crippen molar-refractivity contribution in [3.8, 4) is 0 Å². The predicted molar refractivity (Wildman–Crippen MR) is 107 cm³/mol. The van der Waals surface area contributed by atoms with Gasteiger partial charge in [-0.15, -0.1) is 0 Å². The summed E-state index contributed by atoms with van der Waals surface area (Å²) in [6.07, 6.45) is 7.01. The molecule has 4 heteroatoms. The third kappa shape index (κ3) is 3.19. The van der Waals surface area contributed by atoms with Crippen LogP contribution in [0, 0.1) is 40.9 Å². The SMILES string of the molecule is CCC(C)(C)C(=O)OC1(CC(=O)OC(C)(C)C)CC2CC1C1C3CCC(C3)C21. The number of rotatable bonds is 5. The Balaban J connectivity index is 1.60. The first-order valence-corrected chi connectivity index (χ1v) is 11.4. The molecule has 4 aliphatic rings. The lowest BCUT2D eigenvalue weighted by Crippen LogP contribution is -2.51. The van der Waals surface area contributed by atoms with Gasteiger partial charge in [-0.05, 0) is 103 Å². The molecule has 0 aromatic rings. The molecule has 4 saturated carbocycles. The Morgan fingerprint density at radius 1 is 0.964 bits per heavy atom. The van der Waals surface area contributed by atoms with Gasteiger partial charge in [0.15, 0.2) is 0 Å². The number of ether oxygens (including phenoxy) is 2. The van der Waals surface area contributed by atoms with Crippen LogP contribution in [0.15, 0.2) is 0 Å². The van der Waals surface area contributed by atoms with Gasteiger partial charge < -0.3 is 9.47 Å². The fourth-order valence-electron chi connectivity index (χ4n) is 7.14. The van der Waals surface area contributed by atoms with Crippen molar-refractivity contribution in [1.29, 1.82) is 0 Å². The van der Waals surface area contributed by atoms with Crippen molar-refractivity contribution >= 4 is 11.9 Å². The fraction of sp³-hybridized carbons (Fsp3) is 0.917. The number of hydrogen-bond donors (Lipinski definition) is 0. The average molecular weight is 391 g/mol. The van der Waals surface area contributed by atoms with E-state index in [-0.39, 0.29) is 18.4 Å². The standard InChI is InChI=1S/C24H38O4/c1-7-23(5,6)21(26)28-24(13-18(25)27-22(2,3)4)12-16-11-17(24)20-15-9-8-14(10-15)19(16)20/h14-17,19-20H,7-13H2,1-6H3. The molecule has 4 bridgehead atoms. The third-order valence-electron chi connectivity index (χ3n) is 8.49. The number of carbonyl (C=O) groups excluding carboxylic acids is 2. The quantitative estimate of drug-likeness (QED) is 0.482. The first-order chi connectivity index (χ1) is 13.0. The van der Waals surface area contributed by atoms with Gasteiger partial charge in [0.1, 0.15) is 11.2 Å². The van der Waals surface area contributed by atoms with Gasteiger partial charge in [0, 0.05) is 5.92 Å². The molecule has 0 amide bonds. The molecule has 0 N–H and O–H groups in total. The summed E-state index contributed by atoms with van der Waals surface area (Å²) in [7, 11) is 0. The molecule has 4 nitrogen and oxygen atoms in total. The molecular formula is C24H38O4. The molecule has 0 spiro atoms. The second-order valence-corrected chi connectivity index (χ2v) is 11.7. The summed E-state index contributed by atoms with van der Waals surface area (Å²) in [4.78, 5) is 25.9. The predicted octanol–water partition coefficient (Wildman–Crippen LogP) is 5.14. The van der Waals surface area contributed by atoms with E-state index in [0.717, 1.165) is 37.0 Å². The Hall–Kier alpha value is -1.06. The molecule has 0 aromatic carbocycles. The second-order valence-electron chi connectivity index (χ2n) is 11.7. The zero-order valence-corrected chi connectivity index (χ0v) is 18.5. The van der Waals surface area contributed by atoms with Crippen molar-refractivity contribution in [2.45, 2.75) is 97.7 Å². The second kappa shape index (κ2) is 6.47. The monoisotopic (exact) mass is 390 g/mol. The third-order valence-corrected chi connectivity index (χ3v) is 8.49. The number of esters is 2. The minimum Gasteiger partial charge on any atom is -0.460 e. The molecular weight excluding hydrogens is 352 g/mol. The Kier molecular flexibility index (Phi) is 4.67. The van der Waals surface area contributed by atoms with Gasteiger partial charge in [0.25, 0.3) is 0 Å². The minimum absolute atomic E-state index is 0.147. The van der Waals surface area contributed by atoms with Crippen LogP contribution in [0.4, 0.5) is 0 Å². The molecule has 0 aromatic heterocycles. The van der Waals surface area contributed by atoms with Gasteiger partial charge in [-0.2, -0.15) is 0 Å². The lowest BCUT2D eigenvalue weighted by Gasteiger charge is -2.46. The zero-order valence-electron chi connectivity index (χ0n) is 18.5. The highest BCUT2D eigenvalue weighted by Crippen LogP contribution is 2.71. The Bertz CT molecular complexity index is 660. The maximum atomic E-state index is 13.1. The van der Waals surface area contributed by atoms with Crippen molar-refractivity contribution in [3.05, 3.63) is 0 Å². The topological polar surface area (TPSA) is 52.6 Å². The van der Waals surface area contributed by atoms with Crippen molar-refractivity contribution in [2.24, 2.45) is 40.9 Å². The summed E-state index contributed by atoms with van der Waals surface area (Å²) in [6.45, 7) is 11.6. The zero-order chi connectivity index (χ0) is 20.5. The van der Waals surface area contributed by atoms with Gasteiger partial charge >= 0.3 is 11.9 Å². The van der Waals surface area contributed by atoms with Crippen molar-refractivity contribution in [3.63, 3.8) is 0 Å². The molecule has 158 valence electrons. The summed E-state index contributed by atoms with van der Waals surface area (Å²) in [5.74, 6) is 3.71. The van der Waals surface area contributed by atoms with Crippen molar-refractivity contribution < 1.29 is 19.1 Å². The van der Waals surface area contributed by atoms with Crippen LogP contribution in [0.2, 0.25) is 0 Å². The molecule has 0 radical (unpaired) electrons. The Morgan fingerprint density at radius 3 is 2.21 bits per heavy atom. The van der Waals surface area contributed by atoms with E-state index < -0.39 is 16.6 Å². The summed E-state index contributed by atoms with van der Waals surface area (Å²) in [6, 6.07) is 0. The van der Waals surface area contributed by atoms with Gasteiger partial charge in [-0.3, -0.25) is 9.59 Å². The van der Waals surface area contributed by atoms with Crippen LogP contribution in [-0.4, -0.2) is 23.1 Å². The van der Waals surface area contributed by atoms with Crippen molar-refractivity contribution in [1.82, 2.24) is 0 Å². The molecule has 4 fully saturated rings. The van der Waals surface area contributed by atoms with Crippen LogP contribution in [0.25, 0.3) is 0 Å². The smallest absolute Gasteiger partial charge is 0.312 e. The van der Waals surface area contributed by atoms with Gasteiger partial charge in [0.05, 0.1) is 11.8 Å². The highest BCUT2D eigenvalue weighted by Gasteiger charge is 2.69. The van der Waals surface area contributed by atoms with E-state index in [1.807, 2.05) is 41.5 Å². The molecule has 4 aliphatic carbocycles. The lowest BCUT2D eigenvalue weighted by atomic mass is 9.64. The minimum atomic E-state index is -0.651. The average Bonchev–Trinajstić information content (AvgIpc) is 3.30. The lowest BCUT2D eigenvalue weighted by molar-refractivity contribution is -0.190. The maximum absolute atomic E-state index is 13.1. The molecule has 0 saturated heterocycles. The highest BCUT2D eigenvalue weighted by atomic mass is 16.6. The normalized spacial score (nSPS) is 41.2. The maximum Gasteiger partial charge on any atom is 0.312 e. The fourth-order valence-corrected chi connectivity index (χ4v) is 7.14. The largest absolute Gasteiger partial charge is 0.460 e. The van der Waals surface area contributed by atoms with Crippen LogP contribution in [0.5, 0.6) is 0 Å². The summed E-state index contributed by atoms with van der Waals surface area (Å²) in [5, 5.41) is 0. The Morgan fingerprint density at radius 2 is 1.61 bits per heavy atom. The van der Waals surface area contributed by atoms with Gasteiger partial charge in [-0.25, -0.2) is 0 Å². The van der Waals surface area contributed by atoms with E-state index >= 15 is 0 Å². The van der Waals surface area contributed by atoms with Crippen LogP contribution in [0.3, 0.4) is 0 Å². The van der Waals surface area contributed by atoms with Crippen molar-refractivity contribution in [2.75, 3.05) is 0 Å². The number of fused-ring (bicyclic) bond motifs is 9. The van der Waals surface area contributed by atoms with E-state index in [2.05, 4.69) is 0 Å². The molecule has 28 heavy (non-hydrogen) atoms. The number of carbonyl (C=O) groups is 2. The van der Waals surface area contributed by atoms with E-state index in [4.69, 9.17) is 9.47 Å². The van der Waals surface area contributed by atoms with Gasteiger partial charge in [0.2, 0.25) is 0 Å². The molecule has 7 unspecified atom stereocenters. The number of hydrogen-bond acceptors (Lipinski definition) is 4. The van der Waals surface area contributed by atoms with E-state index in [9.17, 15) is 9.59 Å². The first kappa shape index (κ1) is 20.2. The summed E-state index contributed by atoms with van der Waals surface area (Å²) >= 11 is 0. The van der Waals surface area contributed by atoms with Crippen LogP contribution < -0.4 is 0 Å². The van der Waals surface area contributed by atoms with E-state index in [1.165, 1.54) is 19.3 Å². The van der Waals surface area contributed by atoms with E-state index in [0.29, 0.717) is 17.8 Å². The van der Waals surface area contributed by atoms with Crippen LogP contribution in [-0.2, 0) is 19.1 Å². The van der Waals surface area contributed by atoms with Crippen LogP contribution in [0.1, 0.15) is 86.5 Å².